The van der Waals surface area contributed by atoms with Crippen LogP contribution in [0.3, 0.4) is 0 Å². The van der Waals surface area contributed by atoms with Crippen molar-refractivity contribution in [3.05, 3.63) is 22.4 Å². The Balaban J connectivity index is 2.68. The summed E-state index contributed by atoms with van der Waals surface area (Å²) in [6, 6.07) is 1.73. The molecule has 0 spiro atoms. The van der Waals surface area contributed by atoms with Crippen molar-refractivity contribution in [3.63, 3.8) is 0 Å². The van der Waals surface area contributed by atoms with E-state index in [9.17, 15) is 18.0 Å². The second-order valence-electron chi connectivity index (χ2n) is 3.75. The molecule has 0 saturated carbocycles. The highest BCUT2D eigenvalue weighted by Crippen LogP contribution is 2.19. The number of halogens is 3. The van der Waals surface area contributed by atoms with Crippen LogP contribution in [-0.4, -0.2) is 23.5 Å². The predicted octanol–water partition coefficient (Wildman–Crippen LogP) is 3.44. The van der Waals surface area contributed by atoms with Gasteiger partial charge < -0.3 is 4.90 Å². The predicted molar refractivity (Wildman–Crippen MR) is 60.7 cm³/mol. The SMILES string of the molecule is CCCC(=O)N(Cc1ccsc1)CC(F)(F)F. The van der Waals surface area contributed by atoms with Crippen LogP contribution in [0.15, 0.2) is 16.8 Å². The molecule has 0 unspecified atom stereocenters. The van der Waals surface area contributed by atoms with Gasteiger partial charge in [-0.05, 0) is 28.8 Å². The summed E-state index contributed by atoms with van der Waals surface area (Å²) in [5, 5.41) is 3.54. The first kappa shape index (κ1) is 14.0. The smallest absolute Gasteiger partial charge is 0.329 e. The van der Waals surface area contributed by atoms with E-state index in [1.807, 2.05) is 0 Å². The van der Waals surface area contributed by atoms with Gasteiger partial charge in [0.1, 0.15) is 6.54 Å². The summed E-state index contributed by atoms with van der Waals surface area (Å²) in [5.41, 5.74) is 0.740. The van der Waals surface area contributed by atoms with Crippen molar-refractivity contribution in [1.29, 1.82) is 0 Å². The van der Waals surface area contributed by atoms with Crippen molar-refractivity contribution in [2.24, 2.45) is 0 Å². The van der Waals surface area contributed by atoms with Crippen LogP contribution < -0.4 is 0 Å². The summed E-state index contributed by atoms with van der Waals surface area (Å²) in [4.78, 5) is 12.4. The van der Waals surface area contributed by atoms with Gasteiger partial charge >= 0.3 is 6.18 Å². The zero-order valence-corrected chi connectivity index (χ0v) is 10.3. The van der Waals surface area contributed by atoms with Crippen molar-refractivity contribution in [3.8, 4) is 0 Å². The monoisotopic (exact) mass is 265 g/mol. The van der Waals surface area contributed by atoms with Gasteiger partial charge in [0.05, 0.1) is 0 Å². The largest absolute Gasteiger partial charge is 0.406 e. The molecule has 17 heavy (non-hydrogen) atoms. The highest BCUT2D eigenvalue weighted by Gasteiger charge is 2.32. The van der Waals surface area contributed by atoms with Gasteiger partial charge in [0.2, 0.25) is 5.91 Å². The van der Waals surface area contributed by atoms with Crippen LogP contribution in [0.4, 0.5) is 13.2 Å². The van der Waals surface area contributed by atoms with Crippen molar-refractivity contribution >= 4 is 17.2 Å². The molecule has 2 nitrogen and oxygen atoms in total. The van der Waals surface area contributed by atoms with Gasteiger partial charge in [-0.2, -0.15) is 24.5 Å². The van der Waals surface area contributed by atoms with Crippen molar-refractivity contribution in [2.75, 3.05) is 6.54 Å². The zero-order valence-electron chi connectivity index (χ0n) is 9.46. The summed E-state index contributed by atoms with van der Waals surface area (Å²) in [6.07, 6.45) is -3.64. The van der Waals surface area contributed by atoms with Gasteiger partial charge in [0, 0.05) is 13.0 Å². The number of rotatable bonds is 5. The van der Waals surface area contributed by atoms with Crippen molar-refractivity contribution < 1.29 is 18.0 Å². The third kappa shape index (κ3) is 5.21. The summed E-state index contributed by atoms with van der Waals surface area (Å²) in [5.74, 6) is -0.448. The molecule has 0 aliphatic carbocycles. The maximum atomic E-state index is 12.3. The summed E-state index contributed by atoms with van der Waals surface area (Å²) >= 11 is 1.41. The lowest BCUT2D eigenvalue weighted by Gasteiger charge is -2.23. The fourth-order valence-corrected chi connectivity index (χ4v) is 2.08. The lowest BCUT2D eigenvalue weighted by atomic mass is 10.2. The number of carbonyl (C=O) groups is 1. The number of alkyl halides is 3. The van der Waals surface area contributed by atoms with Gasteiger partial charge in [-0.3, -0.25) is 4.79 Å². The first-order chi connectivity index (χ1) is 7.92. The van der Waals surface area contributed by atoms with E-state index in [2.05, 4.69) is 0 Å². The van der Waals surface area contributed by atoms with Crippen molar-refractivity contribution in [2.45, 2.75) is 32.5 Å². The Morgan fingerprint density at radius 3 is 2.65 bits per heavy atom. The second-order valence-corrected chi connectivity index (χ2v) is 4.53. The van der Waals surface area contributed by atoms with Crippen LogP contribution in [0, 0.1) is 0 Å². The van der Waals surface area contributed by atoms with Crippen LogP contribution in [0.5, 0.6) is 0 Å². The lowest BCUT2D eigenvalue weighted by molar-refractivity contribution is -0.162. The van der Waals surface area contributed by atoms with Crippen LogP contribution in [0.2, 0.25) is 0 Å². The van der Waals surface area contributed by atoms with Crippen LogP contribution in [-0.2, 0) is 11.3 Å². The Labute approximate surface area is 102 Å². The molecule has 1 aromatic rings. The molecule has 0 atom stereocenters. The lowest BCUT2D eigenvalue weighted by Crippen LogP contribution is -2.38. The fourth-order valence-electron chi connectivity index (χ4n) is 1.42. The average molecular weight is 265 g/mol. The van der Waals surface area contributed by atoms with E-state index >= 15 is 0 Å². The van der Waals surface area contributed by atoms with E-state index in [0.29, 0.717) is 6.42 Å². The summed E-state index contributed by atoms with van der Waals surface area (Å²) < 4.78 is 37.0. The number of nitrogens with zero attached hydrogens (tertiary/aromatic N) is 1. The molecule has 1 rings (SSSR count). The molecule has 0 aromatic carbocycles. The highest BCUT2D eigenvalue weighted by atomic mass is 32.1. The van der Waals surface area contributed by atoms with E-state index in [4.69, 9.17) is 0 Å². The first-order valence-electron chi connectivity index (χ1n) is 5.28. The molecule has 0 N–H and O–H groups in total. The van der Waals surface area contributed by atoms with Gasteiger partial charge in [-0.1, -0.05) is 6.92 Å². The molecular weight excluding hydrogens is 251 g/mol. The Kier molecular flexibility index (Phi) is 4.99. The third-order valence-corrected chi connectivity index (χ3v) is 2.87. The molecule has 0 bridgehead atoms. The molecular formula is C11H14F3NOS. The van der Waals surface area contributed by atoms with E-state index in [0.717, 1.165) is 10.5 Å². The molecule has 96 valence electrons. The van der Waals surface area contributed by atoms with Gasteiger partial charge in [-0.15, -0.1) is 0 Å². The number of hydrogen-bond acceptors (Lipinski definition) is 2. The molecule has 0 aliphatic heterocycles. The first-order valence-corrected chi connectivity index (χ1v) is 6.22. The topological polar surface area (TPSA) is 20.3 Å². The van der Waals surface area contributed by atoms with Gasteiger partial charge in [0.25, 0.3) is 0 Å². The number of hydrogen-bond donors (Lipinski definition) is 0. The maximum Gasteiger partial charge on any atom is 0.406 e. The Hall–Kier alpha value is -1.04. The molecule has 0 saturated heterocycles. The van der Waals surface area contributed by atoms with E-state index in [1.165, 1.54) is 11.3 Å². The fraction of sp³-hybridized carbons (Fsp3) is 0.545. The van der Waals surface area contributed by atoms with Gasteiger partial charge in [-0.25, -0.2) is 0 Å². The molecule has 1 amide bonds. The molecule has 6 heteroatoms. The normalized spacial score (nSPS) is 11.5. The minimum Gasteiger partial charge on any atom is -0.329 e. The minimum absolute atomic E-state index is 0.0296. The Bertz CT molecular complexity index is 348. The Morgan fingerprint density at radius 2 is 2.18 bits per heavy atom. The average Bonchev–Trinajstić information content (AvgIpc) is 2.67. The third-order valence-electron chi connectivity index (χ3n) is 2.14. The molecule has 0 radical (unpaired) electrons. The van der Waals surface area contributed by atoms with E-state index < -0.39 is 18.6 Å². The molecule has 1 aromatic heterocycles. The summed E-state index contributed by atoms with van der Waals surface area (Å²) in [6.45, 7) is 0.623. The number of carbonyl (C=O) groups excluding carboxylic acids is 1. The molecule has 0 fully saturated rings. The quantitative estimate of drug-likeness (QED) is 0.798. The van der Waals surface area contributed by atoms with Gasteiger partial charge in [0.15, 0.2) is 0 Å². The van der Waals surface area contributed by atoms with Crippen LogP contribution in [0.25, 0.3) is 0 Å². The maximum absolute atomic E-state index is 12.3. The van der Waals surface area contributed by atoms with Crippen molar-refractivity contribution in [1.82, 2.24) is 4.90 Å². The highest BCUT2D eigenvalue weighted by molar-refractivity contribution is 7.07. The second kappa shape index (κ2) is 6.05. The molecule has 1 heterocycles. The Morgan fingerprint density at radius 1 is 1.47 bits per heavy atom. The summed E-state index contributed by atoms with van der Waals surface area (Å²) in [7, 11) is 0. The zero-order chi connectivity index (χ0) is 12.9. The van der Waals surface area contributed by atoms with E-state index in [1.54, 1.807) is 23.8 Å². The molecule has 0 aliphatic rings. The van der Waals surface area contributed by atoms with E-state index in [-0.39, 0.29) is 13.0 Å². The number of thiophene rings is 1. The number of amides is 1. The standard InChI is InChI=1S/C11H14F3NOS/c1-2-3-10(16)15(8-11(12,13)14)6-9-4-5-17-7-9/h4-5,7H,2-3,6,8H2,1H3. The van der Waals surface area contributed by atoms with Crippen LogP contribution in [0.1, 0.15) is 25.3 Å². The minimum atomic E-state index is -4.35. The van der Waals surface area contributed by atoms with Crippen LogP contribution >= 0.6 is 11.3 Å².